The predicted octanol–water partition coefficient (Wildman–Crippen LogP) is 4.08. The van der Waals surface area contributed by atoms with E-state index in [1.54, 1.807) is 25.2 Å². The molecule has 2 aliphatic rings. The second-order valence-electron chi connectivity index (χ2n) is 11.0. The largest absolute Gasteiger partial charge is 0.479 e. The number of hydrogen-bond acceptors (Lipinski definition) is 10. The van der Waals surface area contributed by atoms with Crippen molar-refractivity contribution in [2.75, 3.05) is 25.6 Å². The van der Waals surface area contributed by atoms with Crippen LogP contribution in [0.1, 0.15) is 41.1 Å². The van der Waals surface area contributed by atoms with Crippen LogP contribution in [0.2, 0.25) is 0 Å². The number of aliphatic hydroxyl groups is 1. The van der Waals surface area contributed by atoms with E-state index in [2.05, 4.69) is 25.9 Å². The van der Waals surface area contributed by atoms with Gasteiger partial charge in [-0.3, -0.25) is 14.4 Å². The summed E-state index contributed by atoms with van der Waals surface area (Å²) in [7, 11) is 3.02. The number of carbonyl (C=O) groups is 1. The Kier molecular flexibility index (Phi) is 8.24. The van der Waals surface area contributed by atoms with E-state index < -0.39 is 30.7 Å². The number of aliphatic hydroxyl groups excluding tert-OH is 1. The number of thiophene rings is 1. The first-order chi connectivity index (χ1) is 21.1. The molecule has 0 aliphatic carbocycles. The molecule has 3 N–H and O–H groups in total. The first kappa shape index (κ1) is 30.3. The maximum Gasteiger partial charge on any atom is 0.393 e. The highest BCUT2D eigenvalue weighted by Gasteiger charge is 2.47. The lowest BCUT2D eigenvalue weighted by Gasteiger charge is -2.41. The van der Waals surface area contributed by atoms with Crippen molar-refractivity contribution < 1.29 is 36.7 Å². The van der Waals surface area contributed by atoms with Crippen molar-refractivity contribution in [3.63, 3.8) is 0 Å². The second kappa shape index (κ2) is 12.0. The first-order valence-electron chi connectivity index (χ1n) is 14.1. The summed E-state index contributed by atoms with van der Waals surface area (Å²) in [6, 6.07) is 4.28. The van der Waals surface area contributed by atoms with Crippen molar-refractivity contribution in [2.45, 2.75) is 62.7 Å². The van der Waals surface area contributed by atoms with Crippen LogP contribution < -0.4 is 15.4 Å². The Labute approximate surface area is 253 Å². The maximum absolute atomic E-state index is 15.6. The Morgan fingerprint density at radius 3 is 2.86 bits per heavy atom. The van der Waals surface area contributed by atoms with Gasteiger partial charge >= 0.3 is 6.18 Å². The number of nitrogens with one attached hydrogen (secondary N) is 2. The van der Waals surface area contributed by atoms with Gasteiger partial charge in [0.15, 0.2) is 0 Å². The molecule has 2 bridgehead atoms. The molecule has 0 saturated carbocycles. The number of halogens is 4. The third-order valence-electron chi connectivity index (χ3n) is 8.17. The SMILES string of the molecule is COc1nn(C)cc1C(=O)NCc1nc(-c2sc3c(N[C@@H]4C[C@H]5CC[C@@H]([C@@H]4F)N5CCO)cccc3c2CC(F)(F)F)no1. The Morgan fingerprint density at radius 2 is 2.11 bits per heavy atom. The fourth-order valence-electron chi connectivity index (χ4n) is 6.34. The predicted molar refractivity (Wildman–Crippen MR) is 153 cm³/mol. The Hall–Kier alpha value is -3.76. The molecule has 2 fully saturated rings. The van der Waals surface area contributed by atoms with Gasteiger partial charge in [0.05, 0.1) is 48.0 Å². The van der Waals surface area contributed by atoms with Gasteiger partial charge in [-0.25, -0.2) is 4.39 Å². The zero-order valence-electron chi connectivity index (χ0n) is 23.9. The van der Waals surface area contributed by atoms with Gasteiger partial charge in [-0.1, -0.05) is 17.3 Å². The van der Waals surface area contributed by atoms with Crippen LogP contribution in [0.4, 0.5) is 23.2 Å². The summed E-state index contributed by atoms with van der Waals surface area (Å²) in [5.41, 5.74) is 0.716. The lowest BCUT2D eigenvalue weighted by molar-refractivity contribution is -0.126. The standard InChI is InChI=1S/C28H31F4N7O4S/c1-38-13-17(27(36-38)42-2)26(41)33-12-21-35-25(37-43-21)24-16(11-28(30,31)32)15-4-3-5-18(23(15)44-24)34-19-10-14-6-7-20(22(19)29)39(14)8-9-40/h3-5,13-14,19-20,22,34,40H,6-12H2,1-2H3,(H,33,41)/t14-,19-,20+,22-/m1/s1. The average Bonchev–Trinajstić information content (AvgIpc) is 3.75. The number of aryl methyl sites for hydroxylation is 1. The fraction of sp³-hybridized carbons (Fsp3) is 0.500. The molecule has 236 valence electrons. The van der Waals surface area contributed by atoms with Crippen molar-refractivity contribution >= 4 is 33.0 Å². The highest BCUT2D eigenvalue weighted by atomic mass is 32.1. The van der Waals surface area contributed by atoms with Crippen LogP contribution in [-0.4, -0.2) is 86.6 Å². The Morgan fingerprint density at radius 1 is 1.30 bits per heavy atom. The van der Waals surface area contributed by atoms with E-state index in [0.29, 0.717) is 35.2 Å². The van der Waals surface area contributed by atoms with Gasteiger partial charge in [-0.05, 0) is 36.3 Å². The van der Waals surface area contributed by atoms with E-state index in [0.717, 1.165) is 17.8 Å². The average molecular weight is 638 g/mol. The number of carbonyl (C=O) groups excluding carboxylic acids is 1. The summed E-state index contributed by atoms with van der Waals surface area (Å²) < 4.78 is 69.3. The van der Waals surface area contributed by atoms with E-state index in [-0.39, 0.29) is 58.8 Å². The number of hydrogen-bond donors (Lipinski definition) is 3. The van der Waals surface area contributed by atoms with Gasteiger partial charge in [0.25, 0.3) is 5.91 Å². The molecule has 4 atom stereocenters. The number of benzene rings is 1. The second-order valence-corrected chi connectivity index (χ2v) is 12.0. The Balaban J connectivity index is 1.27. The van der Waals surface area contributed by atoms with Gasteiger partial charge < -0.3 is 25.0 Å². The minimum Gasteiger partial charge on any atom is -0.479 e. The van der Waals surface area contributed by atoms with Crippen molar-refractivity contribution in [1.29, 1.82) is 0 Å². The molecule has 4 aromatic rings. The molecule has 1 amide bonds. The van der Waals surface area contributed by atoms with Crippen molar-refractivity contribution in [3.05, 3.63) is 41.4 Å². The van der Waals surface area contributed by atoms with Crippen LogP contribution in [0.15, 0.2) is 28.9 Å². The number of aromatic nitrogens is 4. The van der Waals surface area contributed by atoms with Crippen molar-refractivity contribution in [2.24, 2.45) is 7.05 Å². The highest BCUT2D eigenvalue weighted by molar-refractivity contribution is 7.23. The molecular formula is C28H31F4N7O4S. The van der Waals surface area contributed by atoms with Gasteiger partial charge in [0.2, 0.25) is 17.6 Å². The molecule has 3 aromatic heterocycles. The molecule has 0 unspecified atom stereocenters. The van der Waals surface area contributed by atoms with E-state index in [4.69, 9.17) is 9.26 Å². The number of rotatable bonds is 10. The Bertz CT molecular complexity index is 1650. The number of methoxy groups -OCH3 is 1. The van der Waals surface area contributed by atoms with E-state index in [1.165, 1.54) is 18.0 Å². The lowest BCUT2D eigenvalue weighted by atomic mass is 9.95. The van der Waals surface area contributed by atoms with Crippen LogP contribution in [0.25, 0.3) is 20.8 Å². The minimum atomic E-state index is -4.52. The normalized spacial score (nSPS) is 22.1. The third kappa shape index (κ3) is 5.85. The smallest absolute Gasteiger partial charge is 0.393 e. The summed E-state index contributed by atoms with van der Waals surface area (Å²) in [6.45, 7) is 0.201. The van der Waals surface area contributed by atoms with E-state index >= 15 is 4.39 Å². The van der Waals surface area contributed by atoms with Gasteiger partial charge in [-0.15, -0.1) is 16.4 Å². The molecule has 5 heterocycles. The molecule has 6 rings (SSSR count). The number of alkyl halides is 4. The van der Waals surface area contributed by atoms with Crippen LogP contribution in [0.5, 0.6) is 5.88 Å². The molecule has 1 aromatic carbocycles. The number of nitrogens with zero attached hydrogens (tertiary/aromatic N) is 5. The van der Waals surface area contributed by atoms with Crippen LogP contribution in [-0.2, 0) is 20.0 Å². The molecule has 16 heteroatoms. The maximum atomic E-state index is 15.6. The molecule has 0 radical (unpaired) electrons. The molecule has 2 aliphatic heterocycles. The van der Waals surface area contributed by atoms with Crippen LogP contribution >= 0.6 is 11.3 Å². The number of anilines is 1. The lowest BCUT2D eigenvalue weighted by Crippen LogP contribution is -2.55. The topological polar surface area (TPSA) is 131 Å². The minimum absolute atomic E-state index is 0.00430. The summed E-state index contributed by atoms with van der Waals surface area (Å²) >= 11 is 1.07. The fourth-order valence-corrected chi connectivity index (χ4v) is 7.56. The molecule has 2 saturated heterocycles. The zero-order valence-corrected chi connectivity index (χ0v) is 24.7. The van der Waals surface area contributed by atoms with Crippen molar-refractivity contribution in [3.8, 4) is 16.6 Å². The molecular weight excluding hydrogens is 606 g/mol. The van der Waals surface area contributed by atoms with Gasteiger partial charge in [0.1, 0.15) is 11.7 Å². The third-order valence-corrected chi connectivity index (χ3v) is 9.44. The number of amides is 1. The first-order valence-corrected chi connectivity index (χ1v) is 14.9. The van der Waals surface area contributed by atoms with Gasteiger partial charge in [0, 0.05) is 31.9 Å². The quantitative estimate of drug-likeness (QED) is 0.220. The van der Waals surface area contributed by atoms with Crippen molar-refractivity contribution in [1.82, 2.24) is 30.1 Å². The van der Waals surface area contributed by atoms with Crippen LogP contribution in [0, 0.1) is 0 Å². The number of fused-ring (bicyclic) bond motifs is 3. The molecule has 11 nitrogen and oxygen atoms in total. The summed E-state index contributed by atoms with van der Waals surface area (Å²) in [4.78, 5) is 19.1. The number of piperidine rings is 1. The summed E-state index contributed by atoms with van der Waals surface area (Å²) in [5.74, 6) is -0.425. The molecule has 0 spiro atoms. The molecule has 44 heavy (non-hydrogen) atoms. The number of ether oxygens (including phenoxy) is 1. The van der Waals surface area contributed by atoms with Crippen LogP contribution in [0.3, 0.4) is 0 Å². The highest BCUT2D eigenvalue weighted by Crippen LogP contribution is 2.45. The summed E-state index contributed by atoms with van der Waals surface area (Å²) in [6.07, 6.45) is -3.40. The van der Waals surface area contributed by atoms with E-state index in [9.17, 15) is 23.1 Å². The monoisotopic (exact) mass is 637 g/mol. The van der Waals surface area contributed by atoms with E-state index in [1.807, 2.05) is 4.90 Å². The summed E-state index contributed by atoms with van der Waals surface area (Å²) in [5, 5.41) is 23.7. The van der Waals surface area contributed by atoms with Gasteiger partial charge in [-0.2, -0.15) is 18.2 Å². The zero-order chi connectivity index (χ0) is 31.2.